The number of carbonyl (C=O) groups is 2. The van der Waals surface area contributed by atoms with E-state index in [4.69, 9.17) is 32.1 Å². The van der Waals surface area contributed by atoms with Gasteiger partial charge < -0.3 is 15.3 Å². The summed E-state index contributed by atoms with van der Waals surface area (Å²) in [7, 11) is 0. The van der Waals surface area contributed by atoms with Crippen LogP contribution in [0.4, 0.5) is 0 Å². The number of aromatic carboxylic acids is 1. The number of primary amides is 1. The number of benzene rings is 1. The van der Waals surface area contributed by atoms with Gasteiger partial charge in [-0.15, -0.1) is 0 Å². The zero-order valence-corrected chi connectivity index (χ0v) is 11.8. The molecule has 0 unspecified atom stereocenters. The fourth-order valence-electron chi connectivity index (χ4n) is 1.72. The van der Waals surface area contributed by atoms with E-state index in [1.54, 1.807) is 12.1 Å². The summed E-state index contributed by atoms with van der Waals surface area (Å²) in [5, 5.41) is 18.1. The second-order valence-corrected chi connectivity index (χ2v) is 4.64. The van der Waals surface area contributed by atoms with Gasteiger partial charge in [0.25, 0.3) is 5.91 Å². The molecule has 2 aromatic rings. The van der Waals surface area contributed by atoms with E-state index in [-0.39, 0.29) is 16.9 Å². The average molecular weight is 317 g/mol. The molecule has 110 valence electrons. The Hall–Kier alpha value is -3.04. The zero-order chi connectivity index (χ0) is 16.3. The van der Waals surface area contributed by atoms with Crippen LogP contribution in [0.2, 0.25) is 5.02 Å². The summed E-state index contributed by atoms with van der Waals surface area (Å²) in [4.78, 5) is 22.0. The van der Waals surface area contributed by atoms with Gasteiger partial charge in [-0.2, -0.15) is 5.26 Å². The third-order valence-corrected chi connectivity index (χ3v) is 3.11. The van der Waals surface area contributed by atoms with Crippen molar-refractivity contribution in [2.24, 2.45) is 5.73 Å². The van der Waals surface area contributed by atoms with Crippen molar-refractivity contribution in [1.82, 2.24) is 0 Å². The zero-order valence-electron chi connectivity index (χ0n) is 11.0. The molecule has 0 aliphatic heterocycles. The molecule has 0 spiro atoms. The Morgan fingerprint density at radius 2 is 2.05 bits per heavy atom. The first-order valence-corrected chi connectivity index (χ1v) is 6.35. The smallest absolute Gasteiger partial charge is 0.335 e. The molecule has 0 saturated heterocycles. The molecule has 0 bridgehead atoms. The monoisotopic (exact) mass is 316 g/mol. The van der Waals surface area contributed by atoms with Crippen molar-refractivity contribution < 1.29 is 19.1 Å². The third kappa shape index (κ3) is 3.16. The average Bonchev–Trinajstić information content (AvgIpc) is 2.93. The van der Waals surface area contributed by atoms with E-state index in [1.165, 1.54) is 30.3 Å². The Morgan fingerprint density at radius 1 is 1.32 bits per heavy atom. The van der Waals surface area contributed by atoms with Crippen LogP contribution in [0.5, 0.6) is 0 Å². The lowest BCUT2D eigenvalue weighted by Gasteiger charge is -2.02. The van der Waals surface area contributed by atoms with Gasteiger partial charge in [-0.3, -0.25) is 4.79 Å². The molecule has 6 nitrogen and oxygen atoms in total. The molecular formula is C15H9ClN2O4. The van der Waals surface area contributed by atoms with Crippen molar-refractivity contribution >= 4 is 29.6 Å². The quantitative estimate of drug-likeness (QED) is 0.664. The maximum absolute atomic E-state index is 11.0. The molecule has 0 aliphatic carbocycles. The maximum atomic E-state index is 11.0. The van der Waals surface area contributed by atoms with Gasteiger partial charge in [0, 0.05) is 11.6 Å². The van der Waals surface area contributed by atoms with Gasteiger partial charge in [0.1, 0.15) is 23.2 Å². The Kier molecular flexibility index (Phi) is 4.30. The predicted molar refractivity (Wildman–Crippen MR) is 78.9 cm³/mol. The van der Waals surface area contributed by atoms with Crippen molar-refractivity contribution in [3.63, 3.8) is 0 Å². The summed E-state index contributed by atoms with van der Waals surface area (Å²) in [5.74, 6) is -1.43. The number of furan rings is 1. The van der Waals surface area contributed by atoms with Crippen LogP contribution in [-0.4, -0.2) is 17.0 Å². The minimum Gasteiger partial charge on any atom is -0.478 e. The van der Waals surface area contributed by atoms with Gasteiger partial charge in [0.2, 0.25) is 0 Å². The van der Waals surface area contributed by atoms with Crippen molar-refractivity contribution in [3.05, 3.63) is 52.3 Å². The Balaban J connectivity index is 2.45. The summed E-state index contributed by atoms with van der Waals surface area (Å²) in [6.07, 6.45) is 1.20. The van der Waals surface area contributed by atoms with Crippen LogP contribution >= 0.6 is 11.6 Å². The van der Waals surface area contributed by atoms with Crippen LogP contribution in [0, 0.1) is 11.3 Å². The lowest BCUT2D eigenvalue weighted by Crippen LogP contribution is -2.12. The molecule has 1 aromatic heterocycles. The van der Waals surface area contributed by atoms with E-state index in [2.05, 4.69) is 0 Å². The number of carbonyl (C=O) groups excluding carboxylic acids is 1. The van der Waals surface area contributed by atoms with E-state index in [1.807, 2.05) is 0 Å². The minimum atomic E-state index is -1.09. The minimum absolute atomic E-state index is 0.0581. The van der Waals surface area contributed by atoms with Gasteiger partial charge >= 0.3 is 5.97 Å². The Bertz CT molecular complexity index is 830. The molecule has 22 heavy (non-hydrogen) atoms. The summed E-state index contributed by atoms with van der Waals surface area (Å²) < 4.78 is 5.46. The van der Waals surface area contributed by atoms with E-state index in [0.29, 0.717) is 16.3 Å². The lowest BCUT2D eigenvalue weighted by molar-refractivity contribution is -0.114. The summed E-state index contributed by atoms with van der Waals surface area (Å²) in [6, 6.07) is 8.91. The first-order chi connectivity index (χ1) is 10.4. The van der Waals surface area contributed by atoms with E-state index < -0.39 is 11.9 Å². The Labute approximate surface area is 130 Å². The number of halogens is 1. The van der Waals surface area contributed by atoms with Gasteiger partial charge in [-0.1, -0.05) is 11.6 Å². The topological polar surface area (TPSA) is 117 Å². The number of amides is 1. The van der Waals surface area contributed by atoms with Crippen LogP contribution in [0.3, 0.4) is 0 Å². The van der Waals surface area contributed by atoms with E-state index in [0.717, 1.165) is 0 Å². The molecule has 1 aromatic carbocycles. The fourth-order valence-corrected chi connectivity index (χ4v) is 1.93. The van der Waals surface area contributed by atoms with Gasteiger partial charge in [-0.05, 0) is 30.3 Å². The second kappa shape index (κ2) is 6.16. The molecule has 1 heterocycles. The van der Waals surface area contributed by atoms with E-state index in [9.17, 15) is 9.59 Å². The molecule has 0 atom stereocenters. The maximum Gasteiger partial charge on any atom is 0.335 e. The molecule has 0 radical (unpaired) electrons. The number of nitriles is 1. The van der Waals surface area contributed by atoms with Crippen LogP contribution in [0.25, 0.3) is 17.4 Å². The van der Waals surface area contributed by atoms with Crippen LogP contribution in [-0.2, 0) is 4.79 Å². The van der Waals surface area contributed by atoms with Crippen molar-refractivity contribution in [2.75, 3.05) is 0 Å². The normalized spacial score (nSPS) is 11.0. The molecule has 0 saturated carbocycles. The van der Waals surface area contributed by atoms with Crippen molar-refractivity contribution in [3.8, 4) is 17.4 Å². The molecule has 7 heteroatoms. The lowest BCUT2D eigenvalue weighted by atomic mass is 10.1. The SMILES string of the molecule is N#C/C(=C\c1ccc(-c2cc(C(=O)O)ccc2Cl)o1)C(N)=O. The first-order valence-electron chi connectivity index (χ1n) is 5.97. The molecule has 0 aliphatic rings. The molecule has 3 N–H and O–H groups in total. The van der Waals surface area contributed by atoms with Crippen molar-refractivity contribution in [1.29, 1.82) is 5.26 Å². The molecular weight excluding hydrogens is 308 g/mol. The molecule has 1 amide bonds. The van der Waals surface area contributed by atoms with E-state index >= 15 is 0 Å². The third-order valence-electron chi connectivity index (χ3n) is 2.78. The second-order valence-electron chi connectivity index (χ2n) is 4.24. The van der Waals surface area contributed by atoms with Crippen LogP contribution in [0.1, 0.15) is 16.1 Å². The number of carboxylic acid groups (broad SMARTS) is 1. The van der Waals surface area contributed by atoms with Crippen LogP contribution < -0.4 is 5.73 Å². The van der Waals surface area contributed by atoms with Gasteiger partial charge in [-0.25, -0.2) is 4.79 Å². The highest BCUT2D eigenvalue weighted by Gasteiger charge is 2.13. The summed E-state index contributed by atoms with van der Waals surface area (Å²) in [5.41, 5.74) is 5.22. The highest BCUT2D eigenvalue weighted by atomic mass is 35.5. The van der Waals surface area contributed by atoms with Crippen LogP contribution in [0.15, 0.2) is 40.3 Å². The largest absolute Gasteiger partial charge is 0.478 e. The van der Waals surface area contributed by atoms with Gasteiger partial charge in [0.05, 0.1) is 10.6 Å². The molecule has 0 fully saturated rings. The number of carboxylic acids is 1. The fraction of sp³-hybridized carbons (Fsp3) is 0. The summed E-state index contributed by atoms with van der Waals surface area (Å²) in [6.45, 7) is 0. The highest BCUT2D eigenvalue weighted by molar-refractivity contribution is 6.33. The number of hydrogen-bond acceptors (Lipinski definition) is 4. The highest BCUT2D eigenvalue weighted by Crippen LogP contribution is 2.31. The number of nitrogens with two attached hydrogens (primary N) is 1. The number of rotatable bonds is 4. The number of nitrogens with zero attached hydrogens (tertiary/aromatic N) is 1. The van der Waals surface area contributed by atoms with Gasteiger partial charge in [0.15, 0.2) is 0 Å². The number of hydrogen-bond donors (Lipinski definition) is 2. The molecule has 2 rings (SSSR count). The first kappa shape index (κ1) is 15.4. The summed E-state index contributed by atoms with van der Waals surface area (Å²) >= 11 is 6.03. The standard InChI is InChI=1S/C15H9ClN2O4/c16-12-3-1-8(15(20)21)6-11(12)13-4-2-10(22-13)5-9(7-17)14(18)19/h1-6H,(H2,18,19)(H,20,21)/b9-5+. The van der Waals surface area contributed by atoms with Crippen molar-refractivity contribution in [2.45, 2.75) is 0 Å². The predicted octanol–water partition coefficient (Wildman–Crippen LogP) is 2.69. The Morgan fingerprint density at radius 3 is 2.64 bits per heavy atom.